The van der Waals surface area contributed by atoms with Crippen molar-refractivity contribution in [3.63, 3.8) is 0 Å². The average molecular weight is 346 g/mol. The molecule has 24 heavy (non-hydrogen) atoms. The van der Waals surface area contributed by atoms with Crippen LogP contribution in [0.5, 0.6) is 0 Å². The van der Waals surface area contributed by atoms with Crippen molar-refractivity contribution in [2.24, 2.45) is 33.6 Å². The number of aliphatic imine (C=N–C) groups is 1. The van der Waals surface area contributed by atoms with Crippen molar-refractivity contribution in [2.45, 2.75) is 70.9 Å². The third kappa shape index (κ3) is 2.03. The van der Waals surface area contributed by atoms with Crippen LogP contribution in [0.15, 0.2) is 16.6 Å². The number of aliphatic hydroxyl groups is 1. The molecule has 0 aromatic heterocycles. The monoisotopic (exact) mass is 345 g/mol. The van der Waals surface area contributed by atoms with Crippen LogP contribution < -0.4 is 0 Å². The van der Waals surface area contributed by atoms with Gasteiger partial charge in [-0.2, -0.15) is 4.99 Å². The van der Waals surface area contributed by atoms with E-state index in [-0.39, 0.29) is 10.8 Å². The summed E-state index contributed by atoms with van der Waals surface area (Å²) in [6.45, 7) is 4.61. The molecule has 1 N–H and O–H groups in total. The molecule has 4 rings (SSSR count). The molecule has 3 saturated carbocycles. The number of rotatable bonds is 1. The summed E-state index contributed by atoms with van der Waals surface area (Å²) in [7, 11) is 0. The molecule has 0 heterocycles. The fraction of sp³-hybridized carbons (Fsp3) is 0.800. The minimum atomic E-state index is -1.02. The van der Waals surface area contributed by atoms with E-state index in [0.29, 0.717) is 36.4 Å². The SMILES string of the molecule is C[C@]12CCC(=O)C=C1CCC1[C@H]2CC[C@@]2(C)[C@@H]1CCC2(O)N=C=S. The molecule has 0 aliphatic heterocycles. The zero-order chi connectivity index (χ0) is 17.2. The second-order valence-corrected chi connectivity index (χ2v) is 9.17. The second-order valence-electron chi connectivity index (χ2n) is 8.98. The van der Waals surface area contributed by atoms with Gasteiger partial charge in [0.25, 0.3) is 0 Å². The van der Waals surface area contributed by atoms with Gasteiger partial charge < -0.3 is 5.11 Å². The average Bonchev–Trinajstić information content (AvgIpc) is 2.80. The Morgan fingerprint density at radius 3 is 2.67 bits per heavy atom. The van der Waals surface area contributed by atoms with Crippen LogP contribution in [0.2, 0.25) is 0 Å². The summed E-state index contributed by atoms with van der Waals surface area (Å²) in [6.07, 6.45) is 9.70. The predicted molar refractivity (Wildman–Crippen MR) is 96.7 cm³/mol. The van der Waals surface area contributed by atoms with E-state index < -0.39 is 5.72 Å². The minimum absolute atomic E-state index is 0.179. The zero-order valence-corrected chi connectivity index (χ0v) is 15.5. The van der Waals surface area contributed by atoms with E-state index in [0.717, 1.165) is 38.5 Å². The van der Waals surface area contributed by atoms with E-state index >= 15 is 0 Å². The number of carbonyl (C=O) groups is 1. The molecular weight excluding hydrogens is 318 g/mol. The molecule has 6 atom stereocenters. The van der Waals surface area contributed by atoms with Gasteiger partial charge in [-0.25, -0.2) is 0 Å². The number of fused-ring (bicyclic) bond motifs is 5. The highest BCUT2D eigenvalue weighted by atomic mass is 32.1. The lowest BCUT2D eigenvalue weighted by atomic mass is 9.47. The summed E-state index contributed by atoms with van der Waals surface area (Å²) >= 11 is 4.81. The number of hydrogen-bond donors (Lipinski definition) is 1. The van der Waals surface area contributed by atoms with E-state index in [1.165, 1.54) is 5.57 Å². The van der Waals surface area contributed by atoms with Crippen LogP contribution in [0, 0.1) is 28.6 Å². The molecule has 0 aromatic carbocycles. The summed E-state index contributed by atoms with van der Waals surface area (Å²) in [6, 6.07) is 0. The van der Waals surface area contributed by atoms with Gasteiger partial charge in [0.1, 0.15) is 0 Å². The molecule has 0 amide bonds. The van der Waals surface area contributed by atoms with Crippen molar-refractivity contribution in [1.29, 1.82) is 0 Å². The summed E-state index contributed by atoms with van der Waals surface area (Å²) in [5.41, 5.74) is 0.381. The molecule has 2 unspecified atom stereocenters. The maximum atomic E-state index is 11.9. The molecule has 0 spiro atoms. The molecule has 130 valence electrons. The summed E-state index contributed by atoms with van der Waals surface area (Å²) in [5.74, 6) is 2.09. The van der Waals surface area contributed by atoms with Crippen LogP contribution in [-0.4, -0.2) is 21.8 Å². The predicted octanol–water partition coefficient (Wildman–Crippen LogP) is 4.31. The van der Waals surface area contributed by atoms with Gasteiger partial charge in [-0.05, 0) is 86.4 Å². The molecular formula is C20H27NO2S. The van der Waals surface area contributed by atoms with Crippen LogP contribution in [0.25, 0.3) is 0 Å². The number of thiocarbonyl (C=S) groups is 1. The van der Waals surface area contributed by atoms with Gasteiger partial charge in [0.15, 0.2) is 11.5 Å². The topological polar surface area (TPSA) is 49.7 Å². The van der Waals surface area contributed by atoms with Gasteiger partial charge >= 0.3 is 0 Å². The maximum absolute atomic E-state index is 11.9. The van der Waals surface area contributed by atoms with Crippen LogP contribution in [-0.2, 0) is 4.79 Å². The summed E-state index contributed by atoms with van der Waals surface area (Å²) in [5, 5.41) is 13.6. The third-order valence-electron chi connectivity index (χ3n) is 8.30. The van der Waals surface area contributed by atoms with Gasteiger partial charge in [0.05, 0.1) is 5.16 Å². The lowest BCUT2D eigenvalue weighted by Crippen LogP contribution is -2.54. The Balaban J connectivity index is 1.70. The minimum Gasteiger partial charge on any atom is -0.368 e. The van der Waals surface area contributed by atoms with Crippen LogP contribution in [0.1, 0.15) is 65.2 Å². The highest BCUT2D eigenvalue weighted by Crippen LogP contribution is 2.67. The Hall–Kier alpha value is -0.830. The van der Waals surface area contributed by atoms with Gasteiger partial charge in [-0.1, -0.05) is 19.4 Å². The lowest BCUT2D eigenvalue weighted by Gasteiger charge is -2.58. The molecule has 0 radical (unpaired) electrons. The fourth-order valence-electron chi connectivity index (χ4n) is 6.81. The first-order chi connectivity index (χ1) is 11.3. The van der Waals surface area contributed by atoms with E-state index in [9.17, 15) is 9.90 Å². The van der Waals surface area contributed by atoms with Crippen LogP contribution in [0.3, 0.4) is 0 Å². The first-order valence-electron chi connectivity index (χ1n) is 9.39. The number of isothiocyanates is 1. The van der Waals surface area contributed by atoms with E-state index in [2.05, 4.69) is 24.0 Å². The van der Waals surface area contributed by atoms with Crippen molar-refractivity contribution in [3.05, 3.63) is 11.6 Å². The van der Waals surface area contributed by atoms with Crippen LogP contribution >= 0.6 is 12.2 Å². The van der Waals surface area contributed by atoms with Crippen molar-refractivity contribution in [3.8, 4) is 0 Å². The Morgan fingerprint density at radius 2 is 1.92 bits per heavy atom. The smallest absolute Gasteiger partial charge is 0.171 e. The van der Waals surface area contributed by atoms with Crippen molar-refractivity contribution in [2.75, 3.05) is 0 Å². The Bertz CT molecular complexity index is 667. The molecule has 4 heteroatoms. The Kier molecular flexibility index (Phi) is 3.69. The molecule has 3 nitrogen and oxygen atoms in total. The van der Waals surface area contributed by atoms with Gasteiger partial charge in [-0.3, -0.25) is 4.79 Å². The summed E-state index contributed by atoms with van der Waals surface area (Å²) < 4.78 is 0. The molecule has 0 saturated heterocycles. The normalized spacial score (nSPS) is 50.2. The fourth-order valence-corrected chi connectivity index (χ4v) is 6.96. The first-order valence-corrected chi connectivity index (χ1v) is 9.80. The molecule has 4 aliphatic rings. The number of ketones is 1. The van der Waals surface area contributed by atoms with Gasteiger partial charge in [-0.15, -0.1) is 0 Å². The van der Waals surface area contributed by atoms with Crippen molar-refractivity contribution >= 4 is 23.2 Å². The van der Waals surface area contributed by atoms with E-state index in [4.69, 9.17) is 12.2 Å². The molecule has 3 fully saturated rings. The van der Waals surface area contributed by atoms with E-state index in [1.54, 1.807) is 0 Å². The number of hydrogen-bond acceptors (Lipinski definition) is 4. The van der Waals surface area contributed by atoms with Gasteiger partial charge in [0.2, 0.25) is 0 Å². The lowest BCUT2D eigenvalue weighted by molar-refractivity contribution is -0.126. The highest BCUT2D eigenvalue weighted by Gasteiger charge is 2.64. The number of carbonyl (C=O) groups excluding carboxylic acids is 1. The number of allylic oxidation sites excluding steroid dienone is 1. The Morgan fingerprint density at radius 1 is 1.17 bits per heavy atom. The summed E-state index contributed by atoms with van der Waals surface area (Å²) in [4.78, 5) is 16.1. The van der Waals surface area contributed by atoms with E-state index in [1.807, 2.05) is 6.08 Å². The van der Waals surface area contributed by atoms with Crippen LogP contribution in [0.4, 0.5) is 0 Å². The first kappa shape index (κ1) is 16.6. The van der Waals surface area contributed by atoms with Crippen molar-refractivity contribution < 1.29 is 9.90 Å². The third-order valence-corrected chi connectivity index (χ3v) is 8.39. The highest BCUT2D eigenvalue weighted by molar-refractivity contribution is 7.78. The Labute approximate surface area is 149 Å². The van der Waals surface area contributed by atoms with Crippen molar-refractivity contribution in [1.82, 2.24) is 0 Å². The quantitative estimate of drug-likeness (QED) is 0.569. The molecule has 0 aromatic rings. The number of nitrogens with zero attached hydrogens (tertiary/aromatic N) is 1. The largest absolute Gasteiger partial charge is 0.368 e. The molecule has 4 aliphatic carbocycles. The standard InChI is InChI=1S/C20H27NO2S/c1-18-8-5-14(22)11-13(18)3-4-15-16(18)6-9-19(2)17(15)7-10-20(19,23)21-12-24/h11,15-17,23H,3-10H2,1-2H3/t15?,16-,17-,18+,19+,20?/m1/s1. The second kappa shape index (κ2) is 5.33. The van der Waals surface area contributed by atoms with Gasteiger partial charge in [0, 0.05) is 11.8 Å². The zero-order valence-electron chi connectivity index (χ0n) is 14.7. The maximum Gasteiger partial charge on any atom is 0.171 e. The molecule has 0 bridgehead atoms.